The molecule has 0 rings (SSSR count). The van der Waals surface area contributed by atoms with Crippen molar-refractivity contribution in [3.8, 4) is 0 Å². The Bertz CT molecular complexity index is 102. The summed E-state index contributed by atoms with van der Waals surface area (Å²) in [5.74, 6) is 0. The normalized spacial score (nSPS) is 14.1. The number of rotatable bonds is 1. The van der Waals surface area contributed by atoms with E-state index in [1.54, 1.807) is 0 Å². The Morgan fingerprint density at radius 2 is 1.78 bits per heavy atom. The lowest BCUT2D eigenvalue weighted by Crippen LogP contribution is -1.99. The summed E-state index contributed by atoms with van der Waals surface area (Å²) in [4.78, 5) is 0. The van der Waals surface area contributed by atoms with Crippen LogP contribution in [0.2, 0.25) is 0 Å². The van der Waals surface area contributed by atoms with Gasteiger partial charge in [0.15, 0.2) is 0 Å². The van der Waals surface area contributed by atoms with Gasteiger partial charge in [-0.25, -0.2) is 0 Å². The Morgan fingerprint density at radius 1 is 1.33 bits per heavy atom. The Balaban J connectivity index is 3.95. The summed E-state index contributed by atoms with van der Waals surface area (Å²) < 4.78 is 0. The van der Waals surface area contributed by atoms with Gasteiger partial charge in [0.05, 0.1) is 0 Å². The van der Waals surface area contributed by atoms with Gasteiger partial charge in [0.25, 0.3) is 0 Å². The van der Waals surface area contributed by atoms with E-state index in [-0.39, 0.29) is 0 Å². The van der Waals surface area contributed by atoms with Crippen molar-refractivity contribution in [3.05, 3.63) is 11.6 Å². The maximum Gasteiger partial charge on any atom is -0.0201 e. The lowest BCUT2D eigenvalue weighted by molar-refractivity contribution is 0.538. The molecule has 0 aliphatic carbocycles. The van der Waals surface area contributed by atoms with Crippen molar-refractivity contribution in [2.75, 3.05) is 0 Å². The summed E-state index contributed by atoms with van der Waals surface area (Å²) >= 11 is 0. The molecule has 0 aliphatic rings. The molecule has 0 heterocycles. The second-order valence-electron chi connectivity index (χ2n) is 3.71. The fraction of sp³-hybridized carbons (Fsp3) is 0.778. The molecule has 0 amide bonds. The predicted molar refractivity (Wildman–Crippen MR) is 43.5 cm³/mol. The molecule has 0 aliphatic heterocycles. The van der Waals surface area contributed by atoms with E-state index in [9.17, 15) is 0 Å². The summed E-state index contributed by atoms with van der Waals surface area (Å²) in [5, 5.41) is 0. The Morgan fingerprint density at radius 3 is 1.89 bits per heavy atom. The lowest BCUT2D eigenvalue weighted by Gasteiger charge is -2.13. The van der Waals surface area contributed by atoms with E-state index in [1.165, 1.54) is 12.0 Å². The van der Waals surface area contributed by atoms with E-state index in [0.717, 1.165) is 0 Å². The topological polar surface area (TPSA) is 0 Å². The number of hydrogen-bond donors (Lipinski definition) is 0. The zero-order chi connectivity index (χ0) is 7.49. The van der Waals surface area contributed by atoms with Crippen LogP contribution in [0.15, 0.2) is 11.6 Å². The van der Waals surface area contributed by atoms with Crippen LogP contribution in [0.1, 0.15) is 41.0 Å². The summed E-state index contributed by atoms with van der Waals surface area (Å²) in [5.41, 5.74) is 1.85. The van der Waals surface area contributed by atoms with Crippen molar-refractivity contribution in [1.82, 2.24) is 0 Å². The third-order valence-corrected chi connectivity index (χ3v) is 1.24. The van der Waals surface area contributed by atoms with Crippen LogP contribution in [0.3, 0.4) is 0 Å². The van der Waals surface area contributed by atoms with Crippen molar-refractivity contribution >= 4 is 0 Å². The Labute approximate surface area is 59.0 Å². The lowest BCUT2D eigenvalue weighted by atomic mass is 9.93. The van der Waals surface area contributed by atoms with Crippen molar-refractivity contribution in [1.29, 1.82) is 0 Å². The first-order valence-corrected chi connectivity index (χ1v) is 3.64. The van der Waals surface area contributed by atoms with Gasteiger partial charge in [0, 0.05) is 0 Å². The van der Waals surface area contributed by atoms with E-state index in [1.807, 2.05) is 0 Å². The zero-order valence-corrected chi connectivity index (χ0v) is 7.28. The highest BCUT2D eigenvalue weighted by atomic mass is 14.1. The quantitative estimate of drug-likeness (QED) is 0.472. The van der Waals surface area contributed by atoms with Gasteiger partial charge in [0.2, 0.25) is 0 Å². The van der Waals surface area contributed by atoms with E-state index >= 15 is 0 Å². The molecular weight excluding hydrogens is 108 g/mol. The van der Waals surface area contributed by atoms with Crippen molar-refractivity contribution < 1.29 is 0 Å². The summed E-state index contributed by atoms with van der Waals surface area (Å²) in [6.07, 6.45) is 3.50. The van der Waals surface area contributed by atoms with Gasteiger partial charge in [-0.1, -0.05) is 39.3 Å². The summed E-state index contributed by atoms with van der Waals surface area (Å²) in [7, 11) is 0. The van der Waals surface area contributed by atoms with Gasteiger partial charge in [-0.05, 0) is 18.8 Å². The molecule has 0 saturated carbocycles. The second-order valence-corrected chi connectivity index (χ2v) is 3.71. The van der Waals surface area contributed by atoms with Crippen molar-refractivity contribution in [2.45, 2.75) is 41.0 Å². The van der Waals surface area contributed by atoms with Gasteiger partial charge in [0.1, 0.15) is 0 Å². The third-order valence-electron chi connectivity index (χ3n) is 1.24. The standard InChI is InChI=1S/C9H18/c1-6-8(2)7-9(3,4)5/h7H,6H2,1-5H3. The molecule has 0 N–H and O–H groups in total. The number of allylic oxidation sites excluding steroid dienone is 2. The molecule has 0 aromatic rings. The monoisotopic (exact) mass is 126 g/mol. The van der Waals surface area contributed by atoms with Crippen LogP contribution in [-0.4, -0.2) is 0 Å². The van der Waals surface area contributed by atoms with Crippen LogP contribution < -0.4 is 0 Å². The molecule has 54 valence electrons. The molecule has 0 bridgehead atoms. The molecule has 0 fully saturated rings. The highest BCUT2D eigenvalue weighted by Gasteiger charge is 2.04. The van der Waals surface area contributed by atoms with Crippen LogP contribution in [0.25, 0.3) is 0 Å². The molecule has 0 saturated heterocycles. The molecule has 0 atom stereocenters. The average molecular weight is 126 g/mol. The van der Waals surface area contributed by atoms with Crippen molar-refractivity contribution in [2.24, 2.45) is 5.41 Å². The Hall–Kier alpha value is -0.260. The largest absolute Gasteiger partial charge is 0.0802 e. The van der Waals surface area contributed by atoms with Gasteiger partial charge in [-0.3, -0.25) is 0 Å². The van der Waals surface area contributed by atoms with Crippen molar-refractivity contribution in [3.63, 3.8) is 0 Å². The summed E-state index contributed by atoms with van der Waals surface area (Å²) in [6, 6.07) is 0. The highest BCUT2D eigenvalue weighted by Crippen LogP contribution is 2.18. The first kappa shape index (κ1) is 8.74. The first-order chi connectivity index (χ1) is 3.95. The first-order valence-electron chi connectivity index (χ1n) is 3.64. The molecule has 9 heavy (non-hydrogen) atoms. The predicted octanol–water partition coefficient (Wildman–Crippen LogP) is 3.39. The molecule has 0 aromatic heterocycles. The van der Waals surface area contributed by atoms with E-state index in [0.29, 0.717) is 5.41 Å². The smallest absolute Gasteiger partial charge is 0.0201 e. The van der Waals surface area contributed by atoms with Crippen LogP contribution in [0.5, 0.6) is 0 Å². The average Bonchev–Trinajstić information content (AvgIpc) is 1.62. The van der Waals surface area contributed by atoms with Gasteiger partial charge in [-0.15, -0.1) is 0 Å². The SMILES string of the molecule is CCC(C)=CC(C)(C)C. The Kier molecular flexibility index (Phi) is 2.96. The third kappa shape index (κ3) is 5.61. The molecule has 0 heteroatoms. The summed E-state index contributed by atoms with van der Waals surface area (Å²) in [6.45, 7) is 11.1. The van der Waals surface area contributed by atoms with E-state index < -0.39 is 0 Å². The maximum absolute atomic E-state index is 2.33. The van der Waals surface area contributed by atoms with Gasteiger partial charge < -0.3 is 0 Å². The minimum Gasteiger partial charge on any atom is -0.0802 e. The molecule has 0 spiro atoms. The fourth-order valence-electron chi connectivity index (χ4n) is 0.841. The molecular formula is C9H18. The minimum absolute atomic E-state index is 0.361. The van der Waals surface area contributed by atoms with Crippen LogP contribution >= 0.6 is 0 Å². The van der Waals surface area contributed by atoms with Gasteiger partial charge >= 0.3 is 0 Å². The highest BCUT2D eigenvalue weighted by molar-refractivity contribution is 5.02. The van der Waals surface area contributed by atoms with Crippen LogP contribution in [0, 0.1) is 5.41 Å². The fourth-order valence-corrected chi connectivity index (χ4v) is 0.841. The maximum atomic E-state index is 2.33. The number of hydrogen-bond acceptors (Lipinski definition) is 0. The molecule has 0 radical (unpaired) electrons. The molecule has 0 unspecified atom stereocenters. The zero-order valence-electron chi connectivity index (χ0n) is 7.28. The van der Waals surface area contributed by atoms with E-state index in [4.69, 9.17) is 0 Å². The molecule has 0 aromatic carbocycles. The van der Waals surface area contributed by atoms with Gasteiger partial charge in [-0.2, -0.15) is 0 Å². The van der Waals surface area contributed by atoms with E-state index in [2.05, 4.69) is 40.7 Å². The second kappa shape index (κ2) is 3.05. The molecule has 0 nitrogen and oxygen atoms in total. The minimum atomic E-state index is 0.361. The van der Waals surface area contributed by atoms with Crippen LogP contribution in [-0.2, 0) is 0 Å². The van der Waals surface area contributed by atoms with Crippen LogP contribution in [0.4, 0.5) is 0 Å².